The minimum absolute atomic E-state index is 0.262. The van der Waals surface area contributed by atoms with Crippen molar-refractivity contribution in [2.45, 2.75) is 10.9 Å². The number of nitrogens with zero attached hydrogens (tertiary/aromatic N) is 3. The van der Waals surface area contributed by atoms with E-state index in [2.05, 4.69) is 15.6 Å². The number of nitrogens with two attached hydrogens (primary N) is 1. The van der Waals surface area contributed by atoms with E-state index in [0.29, 0.717) is 10.6 Å². The molecule has 3 rings (SSSR count). The highest BCUT2D eigenvalue weighted by Gasteiger charge is 2.13. The summed E-state index contributed by atoms with van der Waals surface area (Å²) >= 11 is 2.91. The van der Waals surface area contributed by atoms with Crippen LogP contribution in [0.15, 0.2) is 41.0 Å². The highest BCUT2D eigenvalue weighted by molar-refractivity contribution is 7.98. The summed E-state index contributed by atoms with van der Waals surface area (Å²) < 4.78 is 1.92. The molecule has 0 saturated carbocycles. The lowest BCUT2D eigenvalue weighted by Gasteiger charge is -2.02. The molecule has 3 N–H and O–H groups in total. The van der Waals surface area contributed by atoms with Gasteiger partial charge in [-0.05, 0) is 29.1 Å². The van der Waals surface area contributed by atoms with Crippen molar-refractivity contribution in [3.8, 4) is 0 Å². The molecule has 0 saturated heterocycles. The molecule has 3 aromatic rings. The van der Waals surface area contributed by atoms with E-state index < -0.39 is 0 Å². The van der Waals surface area contributed by atoms with Gasteiger partial charge in [-0.3, -0.25) is 14.6 Å². The quantitative estimate of drug-likeness (QED) is 0.331. The number of pyridine rings is 1. The standard InChI is InChI=1S/C12H11N5OS2/c13-14-11(18)10-8(4-6-19-10)7-20-12-16-15-9-3-1-2-5-17(9)12/h1-6H,7,13H2,(H,14,18). The fraction of sp³-hybridized carbons (Fsp3) is 0.0833. The van der Waals surface area contributed by atoms with E-state index in [1.165, 1.54) is 23.1 Å². The van der Waals surface area contributed by atoms with Crippen LogP contribution in [0.3, 0.4) is 0 Å². The summed E-state index contributed by atoms with van der Waals surface area (Å²) in [5.41, 5.74) is 3.91. The van der Waals surface area contributed by atoms with Gasteiger partial charge >= 0.3 is 0 Å². The Morgan fingerprint density at radius 3 is 3.15 bits per heavy atom. The summed E-state index contributed by atoms with van der Waals surface area (Å²) in [5, 5.41) is 10.9. The zero-order valence-corrected chi connectivity index (χ0v) is 11.9. The number of hydrogen-bond donors (Lipinski definition) is 2. The van der Waals surface area contributed by atoms with Gasteiger partial charge in [-0.2, -0.15) is 0 Å². The van der Waals surface area contributed by atoms with Crippen LogP contribution in [0.2, 0.25) is 0 Å². The Morgan fingerprint density at radius 2 is 2.30 bits per heavy atom. The fourth-order valence-corrected chi connectivity index (χ4v) is 3.61. The number of hydrazine groups is 1. The molecule has 6 nitrogen and oxygen atoms in total. The molecule has 0 aliphatic heterocycles. The average molecular weight is 305 g/mol. The van der Waals surface area contributed by atoms with Crippen molar-refractivity contribution in [1.29, 1.82) is 0 Å². The van der Waals surface area contributed by atoms with E-state index >= 15 is 0 Å². The van der Waals surface area contributed by atoms with Gasteiger partial charge in [0.25, 0.3) is 5.91 Å². The third-order valence-corrected chi connectivity index (χ3v) is 4.67. The van der Waals surface area contributed by atoms with Crippen LogP contribution in [0.4, 0.5) is 0 Å². The first-order valence-corrected chi connectivity index (χ1v) is 7.66. The van der Waals surface area contributed by atoms with Gasteiger partial charge < -0.3 is 0 Å². The van der Waals surface area contributed by atoms with E-state index in [9.17, 15) is 4.79 Å². The van der Waals surface area contributed by atoms with Gasteiger partial charge in [0.15, 0.2) is 10.8 Å². The number of amides is 1. The molecule has 3 aromatic heterocycles. The zero-order chi connectivity index (χ0) is 13.9. The van der Waals surface area contributed by atoms with Crippen LogP contribution in [-0.2, 0) is 5.75 Å². The van der Waals surface area contributed by atoms with Gasteiger partial charge in [-0.25, -0.2) is 5.84 Å². The molecule has 0 spiro atoms. The van der Waals surface area contributed by atoms with Crippen LogP contribution in [-0.4, -0.2) is 20.5 Å². The molecule has 3 heterocycles. The summed E-state index contributed by atoms with van der Waals surface area (Å²) in [7, 11) is 0. The second-order valence-electron chi connectivity index (χ2n) is 3.95. The molecule has 102 valence electrons. The number of hydrogen-bond acceptors (Lipinski definition) is 6. The number of nitrogen functional groups attached to an aromatic ring is 1. The summed E-state index contributed by atoms with van der Waals surface area (Å²) in [6.07, 6.45) is 1.92. The van der Waals surface area contributed by atoms with Gasteiger partial charge in [0.05, 0.1) is 4.88 Å². The Labute approximate surface area is 123 Å². The van der Waals surface area contributed by atoms with Crippen molar-refractivity contribution >= 4 is 34.7 Å². The maximum Gasteiger partial charge on any atom is 0.275 e. The maximum atomic E-state index is 11.6. The van der Waals surface area contributed by atoms with Crippen LogP contribution >= 0.6 is 23.1 Å². The molecule has 0 unspecified atom stereocenters. The number of carbonyl (C=O) groups excluding carboxylic acids is 1. The Morgan fingerprint density at radius 1 is 1.40 bits per heavy atom. The molecule has 0 bridgehead atoms. The topological polar surface area (TPSA) is 85.3 Å². The SMILES string of the molecule is NNC(=O)c1sccc1CSc1nnc2ccccn12. The molecule has 20 heavy (non-hydrogen) atoms. The van der Waals surface area contributed by atoms with E-state index in [0.717, 1.165) is 16.4 Å². The maximum absolute atomic E-state index is 11.6. The van der Waals surface area contributed by atoms with Crippen LogP contribution in [0, 0.1) is 0 Å². The molecule has 0 radical (unpaired) electrons. The summed E-state index contributed by atoms with van der Waals surface area (Å²) in [4.78, 5) is 12.2. The largest absolute Gasteiger partial charge is 0.289 e. The Bertz CT molecular complexity index is 751. The van der Waals surface area contributed by atoms with Crippen molar-refractivity contribution in [3.05, 3.63) is 46.3 Å². The smallest absolute Gasteiger partial charge is 0.275 e. The molecule has 0 fully saturated rings. The van der Waals surface area contributed by atoms with Gasteiger partial charge in [0.2, 0.25) is 0 Å². The van der Waals surface area contributed by atoms with Crippen LogP contribution in [0.25, 0.3) is 5.65 Å². The number of thioether (sulfide) groups is 1. The first kappa shape index (κ1) is 13.1. The molecular formula is C12H11N5OS2. The van der Waals surface area contributed by atoms with Crippen molar-refractivity contribution < 1.29 is 4.79 Å². The summed E-state index contributed by atoms with van der Waals surface area (Å²) in [6, 6.07) is 7.67. The van der Waals surface area contributed by atoms with E-state index in [4.69, 9.17) is 5.84 Å². The van der Waals surface area contributed by atoms with Crippen LogP contribution in [0.1, 0.15) is 15.2 Å². The second kappa shape index (κ2) is 5.61. The average Bonchev–Trinajstić information content (AvgIpc) is 3.11. The molecular weight excluding hydrogens is 294 g/mol. The van der Waals surface area contributed by atoms with E-state index in [1.807, 2.05) is 40.2 Å². The monoisotopic (exact) mass is 305 g/mol. The van der Waals surface area contributed by atoms with Gasteiger partial charge in [0, 0.05) is 11.9 Å². The van der Waals surface area contributed by atoms with Gasteiger partial charge in [0.1, 0.15) is 0 Å². The molecule has 0 aromatic carbocycles. The number of aromatic nitrogens is 3. The Kier molecular flexibility index (Phi) is 3.68. The second-order valence-corrected chi connectivity index (χ2v) is 5.81. The zero-order valence-electron chi connectivity index (χ0n) is 10.3. The lowest BCUT2D eigenvalue weighted by molar-refractivity contribution is 0.0957. The highest BCUT2D eigenvalue weighted by atomic mass is 32.2. The van der Waals surface area contributed by atoms with Crippen molar-refractivity contribution in [3.63, 3.8) is 0 Å². The summed E-state index contributed by atoms with van der Waals surface area (Å²) in [6.45, 7) is 0. The minimum atomic E-state index is -0.262. The summed E-state index contributed by atoms with van der Waals surface area (Å²) in [5.74, 6) is 5.55. The number of nitrogens with one attached hydrogen (secondary N) is 1. The lowest BCUT2D eigenvalue weighted by Crippen LogP contribution is -2.29. The van der Waals surface area contributed by atoms with Crippen molar-refractivity contribution in [2.24, 2.45) is 5.84 Å². The lowest BCUT2D eigenvalue weighted by atomic mass is 10.3. The number of thiophene rings is 1. The van der Waals surface area contributed by atoms with Gasteiger partial charge in [-0.1, -0.05) is 17.8 Å². The van der Waals surface area contributed by atoms with Crippen LogP contribution < -0.4 is 11.3 Å². The molecule has 8 heteroatoms. The predicted molar refractivity (Wildman–Crippen MR) is 78.5 cm³/mol. The molecule has 0 aliphatic rings. The first-order chi connectivity index (χ1) is 9.79. The minimum Gasteiger partial charge on any atom is -0.289 e. The number of fused-ring (bicyclic) bond motifs is 1. The number of rotatable bonds is 4. The fourth-order valence-electron chi connectivity index (χ4n) is 1.77. The first-order valence-electron chi connectivity index (χ1n) is 5.79. The van der Waals surface area contributed by atoms with Crippen molar-refractivity contribution in [1.82, 2.24) is 20.0 Å². The van der Waals surface area contributed by atoms with Gasteiger partial charge in [-0.15, -0.1) is 21.5 Å². The Hall–Kier alpha value is -1.90. The predicted octanol–water partition coefficient (Wildman–Crippen LogP) is 1.69. The molecule has 0 aliphatic carbocycles. The van der Waals surface area contributed by atoms with E-state index in [-0.39, 0.29) is 5.91 Å². The highest BCUT2D eigenvalue weighted by Crippen LogP contribution is 2.26. The molecule has 1 amide bonds. The Balaban J connectivity index is 1.80. The van der Waals surface area contributed by atoms with E-state index in [1.54, 1.807) is 0 Å². The third kappa shape index (κ3) is 2.40. The van der Waals surface area contributed by atoms with Crippen molar-refractivity contribution in [2.75, 3.05) is 0 Å². The third-order valence-electron chi connectivity index (χ3n) is 2.72. The van der Waals surface area contributed by atoms with Crippen LogP contribution in [0.5, 0.6) is 0 Å². The molecule has 0 atom stereocenters. The number of carbonyl (C=O) groups is 1. The normalized spacial score (nSPS) is 10.8.